The van der Waals surface area contributed by atoms with Gasteiger partial charge in [0.05, 0.1) is 25.4 Å². The molecular formula is C22H28N2O3. The van der Waals surface area contributed by atoms with E-state index in [4.69, 9.17) is 14.2 Å². The van der Waals surface area contributed by atoms with Crippen molar-refractivity contribution in [2.45, 2.75) is 44.6 Å². The monoisotopic (exact) mass is 368 g/mol. The minimum absolute atomic E-state index is 0.0467. The summed E-state index contributed by atoms with van der Waals surface area (Å²) in [5, 5.41) is 0. The van der Waals surface area contributed by atoms with Crippen LogP contribution < -0.4 is 4.74 Å². The first-order chi connectivity index (χ1) is 13.2. The summed E-state index contributed by atoms with van der Waals surface area (Å²) < 4.78 is 17.8. The SMILES string of the molecule is COc1ccccc1CN1CC2(CC(OCc3cnccc3C)CCO2)C1. The van der Waals surface area contributed by atoms with E-state index in [-0.39, 0.29) is 11.7 Å². The summed E-state index contributed by atoms with van der Waals surface area (Å²) in [6, 6.07) is 10.3. The Labute approximate surface area is 161 Å². The molecule has 2 aliphatic heterocycles. The van der Waals surface area contributed by atoms with Gasteiger partial charge in [0.1, 0.15) is 5.75 Å². The fraction of sp³-hybridized carbons (Fsp3) is 0.500. The van der Waals surface area contributed by atoms with Crippen molar-refractivity contribution >= 4 is 0 Å². The molecule has 1 spiro atoms. The van der Waals surface area contributed by atoms with Gasteiger partial charge in [-0.15, -0.1) is 0 Å². The summed E-state index contributed by atoms with van der Waals surface area (Å²) in [4.78, 5) is 6.63. The van der Waals surface area contributed by atoms with Crippen LogP contribution in [0.1, 0.15) is 29.5 Å². The van der Waals surface area contributed by atoms with Gasteiger partial charge in [-0.25, -0.2) is 0 Å². The van der Waals surface area contributed by atoms with Crippen LogP contribution in [0.3, 0.4) is 0 Å². The summed E-state index contributed by atoms with van der Waals surface area (Å²) in [6.07, 6.45) is 5.92. The zero-order chi connectivity index (χ0) is 18.7. The fourth-order valence-corrected chi connectivity index (χ4v) is 4.16. The number of nitrogens with zero attached hydrogens (tertiary/aromatic N) is 2. The fourth-order valence-electron chi connectivity index (χ4n) is 4.16. The van der Waals surface area contributed by atoms with Crippen molar-refractivity contribution in [2.24, 2.45) is 0 Å². The molecule has 0 aliphatic carbocycles. The van der Waals surface area contributed by atoms with Crippen LogP contribution in [0.2, 0.25) is 0 Å². The van der Waals surface area contributed by atoms with Gasteiger partial charge < -0.3 is 14.2 Å². The van der Waals surface area contributed by atoms with Gasteiger partial charge in [0.15, 0.2) is 0 Å². The highest BCUT2D eigenvalue weighted by Gasteiger charge is 2.47. The number of likely N-dealkylation sites (tertiary alicyclic amines) is 1. The van der Waals surface area contributed by atoms with Crippen LogP contribution in [0.25, 0.3) is 0 Å². The van der Waals surface area contributed by atoms with Crippen LogP contribution in [0.4, 0.5) is 0 Å². The average Bonchev–Trinajstić information content (AvgIpc) is 2.67. The molecule has 1 unspecified atom stereocenters. The molecule has 0 bridgehead atoms. The minimum atomic E-state index is -0.0467. The largest absolute Gasteiger partial charge is 0.496 e. The number of aromatic nitrogens is 1. The summed E-state index contributed by atoms with van der Waals surface area (Å²) in [7, 11) is 1.73. The Morgan fingerprint density at radius 1 is 1.22 bits per heavy atom. The second-order valence-electron chi connectivity index (χ2n) is 7.72. The molecule has 3 heterocycles. The Morgan fingerprint density at radius 2 is 2.07 bits per heavy atom. The Hall–Kier alpha value is -1.95. The predicted octanol–water partition coefficient (Wildman–Crippen LogP) is 3.35. The van der Waals surface area contributed by atoms with E-state index in [1.807, 2.05) is 30.6 Å². The predicted molar refractivity (Wildman–Crippen MR) is 104 cm³/mol. The summed E-state index contributed by atoms with van der Waals surface area (Å²) in [5.74, 6) is 0.955. The molecular weight excluding hydrogens is 340 g/mol. The lowest BCUT2D eigenvalue weighted by Gasteiger charge is -2.53. The topological polar surface area (TPSA) is 43.8 Å². The van der Waals surface area contributed by atoms with Crippen molar-refractivity contribution in [3.8, 4) is 5.75 Å². The Kier molecular flexibility index (Phi) is 5.43. The molecule has 4 rings (SSSR count). The van der Waals surface area contributed by atoms with Crippen molar-refractivity contribution in [2.75, 3.05) is 26.8 Å². The Balaban J connectivity index is 1.30. The van der Waals surface area contributed by atoms with Crippen molar-refractivity contribution in [3.05, 3.63) is 59.4 Å². The van der Waals surface area contributed by atoms with Gasteiger partial charge in [0.2, 0.25) is 0 Å². The molecule has 2 saturated heterocycles. The zero-order valence-corrected chi connectivity index (χ0v) is 16.2. The maximum Gasteiger partial charge on any atom is 0.123 e. The maximum atomic E-state index is 6.21. The number of pyridine rings is 1. The summed E-state index contributed by atoms with van der Waals surface area (Å²) in [6.45, 7) is 6.32. The van der Waals surface area contributed by atoms with Gasteiger partial charge in [-0.3, -0.25) is 9.88 Å². The van der Waals surface area contributed by atoms with E-state index < -0.39 is 0 Å². The van der Waals surface area contributed by atoms with E-state index >= 15 is 0 Å². The van der Waals surface area contributed by atoms with Gasteiger partial charge >= 0.3 is 0 Å². The minimum Gasteiger partial charge on any atom is -0.496 e. The van der Waals surface area contributed by atoms with Gasteiger partial charge in [0.25, 0.3) is 0 Å². The molecule has 2 fully saturated rings. The lowest BCUT2D eigenvalue weighted by atomic mass is 9.84. The third-order valence-corrected chi connectivity index (χ3v) is 5.68. The lowest BCUT2D eigenvalue weighted by Crippen LogP contribution is -2.65. The lowest BCUT2D eigenvalue weighted by molar-refractivity contribution is -0.200. The highest BCUT2D eigenvalue weighted by Crippen LogP contribution is 2.37. The molecule has 1 aromatic heterocycles. The molecule has 27 heavy (non-hydrogen) atoms. The second-order valence-corrected chi connectivity index (χ2v) is 7.72. The van der Waals surface area contributed by atoms with Crippen LogP contribution in [0.5, 0.6) is 5.75 Å². The molecule has 1 atom stereocenters. The quantitative estimate of drug-likeness (QED) is 0.782. The Morgan fingerprint density at radius 3 is 2.89 bits per heavy atom. The van der Waals surface area contributed by atoms with Crippen LogP contribution >= 0.6 is 0 Å². The molecule has 0 amide bonds. The average molecular weight is 368 g/mol. The number of hydrogen-bond acceptors (Lipinski definition) is 5. The molecule has 144 valence electrons. The standard InChI is InChI=1S/C22H28N2O3/c1-17-7-9-23-12-19(17)14-26-20-8-10-27-22(11-20)15-24(16-22)13-18-5-3-4-6-21(18)25-2/h3-7,9,12,20H,8,10-11,13-16H2,1-2H3. The van der Waals surface area contributed by atoms with Crippen LogP contribution in [0, 0.1) is 6.92 Å². The number of hydrogen-bond donors (Lipinski definition) is 0. The zero-order valence-electron chi connectivity index (χ0n) is 16.2. The second kappa shape index (κ2) is 7.97. The van der Waals surface area contributed by atoms with Gasteiger partial charge in [0, 0.05) is 50.6 Å². The van der Waals surface area contributed by atoms with E-state index in [1.54, 1.807) is 7.11 Å². The van der Waals surface area contributed by atoms with E-state index in [0.29, 0.717) is 6.61 Å². The smallest absolute Gasteiger partial charge is 0.123 e. The first-order valence-electron chi connectivity index (χ1n) is 9.67. The molecule has 5 nitrogen and oxygen atoms in total. The van der Waals surface area contributed by atoms with Crippen molar-refractivity contribution in [3.63, 3.8) is 0 Å². The molecule has 0 radical (unpaired) electrons. The first kappa shape index (κ1) is 18.4. The van der Waals surface area contributed by atoms with Crippen LogP contribution in [-0.2, 0) is 22.6 Å². The van der Waals surface area contributed by atoms with Crippen molar-refractivity contribution < 1.29 is 14.2 Å². The third-order valence-electron chi connectivity index (χ3n) is 5.68. The van der Waals surface area contributed by atoms with Crippen LogP contribution in [-0.4, -0.2) is 48.4 Å². The van der Waals surface area contributed by atoms with Crippen molar-refractivity contribution in [1.29, 1.82) is 0 Å². The molecule has 2 aliphatic rings. The number of rotatable bonds is 6. The van der Waals surface area contributed by atoms with E-state index in [1.165, 1.54) is 16.7 Å². The summed E-state index contributed by atoms with van der Waals surface area (Å²) >= 11 is 0. The number of benzene rings is 1. The van der Waals surface area contributed by atoms with E-state index in [2.05, 4.69) is 28.9 Å². The van der Waals surface area contributed by atoms with Crippen LogP contribution in [0.15, 0.2) is 42.7 Å². The molecule has 0 N–H and O–H groups in total. The molecule has 5 heteroatoms. The number of aryl methyl sites for hydroxylation is 1. The number of methoxy groups -OCH3 is 1. The van der Waals surface area contributed by atoms with E-state index in [0.717, 1.165) is 44.8 Å². The first-order valence-corrected chi connectivity index (χ1v) is 9.67. The maximum absolute atomic E-state index is 6.21. The van der Waals surface area contributed by atoms with Gasteiger partial charge in [-0.1, -0.05) is 18.2 Å². The van der Waals surface area contributed by atoms with Gasteiger partial charge in [-0.2, -0.15) is 0 Å². The highest BCUT2D eigenvalue weighted by atomic mass is 16.5. The molecule has 0 saturated carbocycles. The summed E-state index contributed by atoms with van der Waals surface area (Å²) in [5.41, 5.74) is 3.59. The number of para-hydroxylation sites is 1. The number of ether oxygens (including phenoxy) is 3. The van der Waals surface area contributed by atoms with Gasteiger partial charge in [-0.05, 0) is 36.6 Å². The van der Waals surface area contributed by atoms with E-state index in [9.17, 15) is 0 Å². The third kappa shape index (κ3) is 4.15. The molecule has 2 aromatic rings. The normalized spacial score (nSPS) is 21.8. The highest BCUT2D eigenvalue weighted by molar-refractivity contribution is 5.33. The van der Waals surface area contributed by atoms with Crippen molar-refractivity contribution in [1.82, 2.24) is 9.88 Å². The molecule has 1 aromatic carbocycles. The Bertz CT molecular complexity index is 774.